The molecule has 4 rings (SSSR count). The van der Waals surface area contributed by atoms with Crippen LogP contribution in [0.3, 0.4) is 0 Å². The van der Waals surface area contributed by atoms with E-state index < -0.39 is 0 Å². The number of anilines is 3. The van der Waals surface area contributed by atoms with Gasteiger partial charge in [-0.2, -0.15) is 0 Å². The molecule has 0 bridgehead atoms. The molecule has 0 spiro atoms. The predicted octanol–water partition coefficient (Wildman–Crippen LogP) is 4.78. The quantitative estimate of drug-likeness (QED) is 0.497. The number of carbonyl (C=O) groups excluding carboxylic acids is 1. The van der Waals surface area contributed by atoms with Gasteiger partial charge >= 0.3 is 0 Å². The monoisotopic (exact) mass is 419 g/mol. The van der Waals surface area contributed by atoms with Gasteiger partial charge in [-0.3, -0.25) is 9.78 Å². The minimum absolute atomic E-state index is 0.221. The lowest BCUT2D eigenvalue weighted by atomic mass is 10.2. The molecule has 6 nitrogen and oxygen atoms in total. The SMILES string of the molecule is O=C(Nc1ccc2ncnc(Nc3cccc(Br)c3)c2c1)c1cccnc1. The summed E-state index contributed by atoms with van der Waals surface area (Å²) in [4.78, 5) is 25.0. The molecule has 2 N–H and O–H groups in total. The third-order valence-electron chi connectivity index (χ3n) is 3.90. The van der Waals surface area contributed by atoms with Crippen LogP contribution in [-0.2, 0) is 0 Å². The van der Waals surface area contributed by atoms with E-state index in [0.29, 0.717) is 17.1 Å². The Morgan fingerprint density at radius 1 is 0.963 bits per heavy atom. The number of amides is 1. The van der Waals surface area contributed by atoms with Crippen molar-refractivity contribution in [1.82, 2.24) is 15.0 Å². The van der Waals surface area contributed by atoms with Crippen molar-refractivity contribution in [3.05, 3.63) is 83.4 Å². The highest BCUT2D eigenvalue weighted by molar-refractivity contribution is 9.10. The average Bonchev–Trinajstić information content (AvgIpc) is 2.69. The van der Waals surface area contributed by atoms with Crippen LogP contribution in [0.5, 0.6) is 0 Å². The maximum atomic E-state index is 12.4. The first-order chi connectivity index (χ1) is 13.2. The molecule has 7 heteroatoms. The van der Waals surface area contributed by atoms with Gasteiger partial charge in [0.05, 0.1) is 11.1 Å². The summed E-state index contributed by atoms with van der Waals surface area (Å²) >= 11 is 3.46. The fraction of sp³-hybridized carbons (Fsp3) is 0. The molecule has 2 aromatic heterocycles. The maximum Gasteiger partial charge on any atom is 0.257 e. The van der Waals surface area contributed by atoms with Gasteiger partial charge in [0, 0.05) is 33.6 Å². The van der Waals surface area contributed by atoms with E-state index in [1.165, 1.54) is 12.5 Å². The number of nitrogens with one attached hydrogen (secondary N) is 2. The molecular weight excluding hydrogens is 406 g/mol. The van der Waals surface area contributed by atoms with Crippen molar-refractivity contribution in [2.75, 3.05) is 10.6 Å². The summed E-state index contributed by atoms with van der Waals surface area (Å²) in [7, 11) is 0. The Labute approximate surface area is 163 Å². The smallest absolute Gasteiger partial charge is 0.257 e. The van der Waals surface area contributed by atoms with Crippen LogP contribution in [0.2, 0.25) is 0 Å². The number of benzene rings is 2. The summed E-state index contributed by atoms with van der Waals surface area (Å²) in [5.41, 5.74) is 2.83. The zero-order valence-electron chi connectivity index (χ0n) is 14.1. The van der Waals surface area contributed by atoms with Crippen molar-refractivity contribution in [2.45, 2.75) is 0 Å². The van der Waals surface area contributed by atoms with E-state index in [2.05, 4.69) is 41.5 Å². The van der Waals surface area contributed by atoms with Gasteiger partial charge in [-0.25, -0.2) is 9.97 Å². The van der Waals surface area contributed by atoms with E-state index in [9.17, 15) is 4.79 Å². The standard InChI is InChI=1S/C20H14BrN5O/c21-14-4-1-5-15(9-14)25-19-17-10-16(6-7-18(17)23-12-24-19)26-20(27)13-3-2-8-22-11-13/h1-12H,(H,26,27)(H,23,24,25). The summed E-state index contributed by atoms with van der Waals surface area (Å²) in [6.07, 6.45) is 4.67. The Hall–Kier alpha value is -3.32. The van der Waals surface area contributed by atoms with Crippen molar-refractivity contribution < 1.29 is 4.79 Å². The minimum Gasteiger partial charge on any atom is -0.340 e. The number of hydrogen-bond acceptors (Lipinski definition) is 5. The number of fused-ring (bicyclic) bond motifs is 1. The van der Waals surface area contributed by atoms with Crippen LogP contribution in [0.15, 0.2) is 77.8 Å². The van der Waals surface area contributed by atoms with Gasteiger partial charge < -0.3 is 10.6 Å². The number of pyridine rings is 1. The lowest BCUT2D eigenvalue weighted by molar-refractivity contribution is 0.102. The van der Waals surface area contributed by atoms with Gasteiger partial charge in [0.2, 0.25) is 0 Å². The Bertz CT molecular complexity index is 1120. The largest absolute Gasteiger partial charge is 0.340 e. The molecule has 2 aromatic carbocycles. The first-order valence-corrected chi connectivity index (χ1v) is 8.97. The van der Waals surface area contributed by atoms with Crippen LogP contribution in [0.1, 0.15) is 10.4 Å². The summed E-state index contributed by atoms with van der Waals surface area (Å²) in [5, 5.41) is 6.98. The molecule has 0 unspecified atom stereocenters. The molecule has 0 fully saturated rings. The van der Waals surface area contributed by atoms with E-state index in [-0.39, 0.29) is 5.91 Å². The second-order valence-electron chi connectivity index (χ2n) is 5.79. The topological polar surface area (TPSA) is 79.8 Å². The summed E-state index contributed by atoms with van der Waals surface area (Å²) in [5.74, 6) is 0.441. The summed E-state index contributed by atoms with van der Waals surface area (Å²) < 4.78 is 0.968. The van der Waals surface area contributed by atoms with Crippen molar-refractivity contribution in [3.63, 3.8) is 0 Å². The van der Waals surface area contributed by atoms with Gasteiger partial charge in [-0.1, -0.05) is 22.0 Å². The number of halogens is 1. The summed E-state index contributed by atoms with van der Waals surface area (Å²) in [6, 6.07) is 16.8. The van der Waals surface area contributed by atoms with E-state index >= 15 is 0 Å². The highest BCUT2D eigenvalue weighted by Gasteiger charge is 2.09. The zero-order chi connectivity index (χ0) is 18.6. The van der Waals surface area contributed by atoms with Crippen LogP contribution >= 0.6 is 15.9 Å². The van der Waals surface area contributed by atoms with Gasteiger partial charge in [-0.15, -0.1) is 0 Å². The van der Waals surface area contributed by atoms with Crippen LogP contribution in [0.25, 0.3) is 10.9 Å². The van der Waals surface area contributed by atoms with Crippen LogP contribution < -0.4 is 10.6 Å². The minimum atomic E-state index is -0.221. The lowest BCUT2D eigenvalue weighted by Gasteiger charge is -2.11. The van der Waals surface area contributed by atoms with E-state index in [4.69, 9.17) is 0 Å². The predicted molar refractivity (Wildman–Crippen MR) is 109 cm³/mol. The molecule has 132 valence electrons. The normalized spacial score (nSPS) is 10.6. The van der Waals surface area contributed by atoms with E-state index in [1.807, 2.05) is 42.5 Å². The molecule has 0 atom stereocenters. The molecular formula is C20H14BrN5O. The van der Waals surface area contributed by atoms with Crippen molar-refractivity contribution >= 4 is 49.9 Å². The molecule has 4 aromatic rings. The molecule has 0 saturated heterocycles. The lowest BCUT2D eigenvalue weighted by Crippen LogP contribution is -2.12. The highest BCUT2D eigenvalue weighted by atomic mass is 79.9. The van der Waals surface area contributed by atoms with Crippen molar-refractivity contribution in [2.24, 2.45) is 0 Å². The summed E-state index contributed by atoms with van der Waals surface area (Å²) in [6.45, 7) is 0. The Balaban J connectivity index is 1.66. The fourth-order valence-corrected chi connectivity index (χ4v) is 3.04. The van der Waals surface area contributed by atoms with Crippen LogP contribution in [0.4, 0.5) is 17.2 Å². The average molecular weight is 420 g/mol. The molecule has 0 saturated carbocycles. The van der Waals surface area contributed by atoms with Gasteiger partial charge in [0.25, 0.3) is 5.91 Å². The second-order valence-corrected chi connectivity index (χ2v) is 6.70. The molecule has 0 aliphatic rings. The number of nitrogens with zero attached hydrogens (tertiary/aromatic N) is 3. The van der Waals surface area contributed by atoms with Gasteiger partial charge in [0.15, 0.2) is 0 Å². The highest BCUT2D eigenvalue weighted by Crippen LogP contribution is 2.27. The fourth-order valence-electron chi connectivity index (χ4n) is 2.64. The van der Waals surface area contributed by atoms with Gasteiger partial charge in [-0.05, 0) is 48.5 Å². The van der Waals surface area contributed by atoms with Crippen LogP contribution in [-0.4, -0.2) is 20.9 Å². The number of carbonyl (C=O) groups is 1. The first-order valence-electron chi connectivity index (χ1n) is 8.18. The number of aromatic nitrogens is 3. The molecule has 0 aliphatic heterocycles. The van der Waals surface area contributed by atoms with Crippen molar-refractivity contribution in [3.8, 4) is 0 Å². The zero-order valence-corrected chi connectivity index (χ0v) is 15.6. The third kappa shape index (κ3) is 3.93. The first kappa shape index (κ1) is 17.1. The number of hydrogen-bond donors (Lipinski definition) is 2. The molecule has 27 heavy (non-hydrogen) atoms. The van der Waals surface area contributed by atoms with E-state index in [1.54, 1.807) is 18.3 Å². The van der Waals surface area contributed by atoms with Crippen LogP contribution in [0, 0.1) is 0 Å². The second kappa shape index (κ2) is 7.51. The molecule has 1 amide bonds. The van der Waals surface area contributed by atoms with Crippen molar-refractivity contribution in [1.29, 1.82) is 0 Å². The molecule has 0 aliphatic carbocycles. The number of rotatable bonds is 4. The molecule has 0 radical (unpaired) electrons. The van der Waals surface area contributed by atoms with E-state index in [0.717, 1.165) is 21.1 Å². The third-order valence-corrected chi connectivity index (χ3v) is 4.40. The molecule has 2 heterocycles. The Kier molecular flexibility index (Phi) is 4.76. The maximum absolute atomic E-state index is 12.4. The van der Waals surface area contributed by atoms with Gasteiger partial charge in [0.1, 0.15) is 12.1 Å². The Morgan fingerprint density at radius 3 is 2.70 bits per heavy atom. The Morgan fingerprint density at radius 2 is 1.89 bits per heavy atom.